The molecule has 0 spiro atoms. The molecule has 0 bridgehead atoms. The van der Waals surface area contributed by atoms with Crippen molar-refractivity contribution in [2.24, 2.45) is 0 Å². The summed E-state index contributed by atoms with van der Waals surface area (Å²) in [6, 6.07) is 6.91. The highest BCUT2D eigenvalue weighted by Crippen LogP contribution is 2.16. The second-order valence-corrected chi connectivity index (χ2v) is 5.03. The molecule has 0 aliphatic heterocycles. The highest BCUT2D eigenvalue weighted by molar-refractivity contribution is 7.13. The first-order valence-corrected chi connectivity index (χ1v) is 6.44. The normalized spacial score (nSPS) is 12.4. The van der Waals surface area contributed by atoms with Gasteiger partial charge >= 0.3 is 0 Å². The van der Waals surface area contributed by atoms with Gasteiger partial charge in [0.25, 0.3) is 0 Å². The lowest BCUT2D eigenvalue weighted by molar-refractivity contribution is 0.626. The largest absolute Gasteiger partial charge is 0.359 e. The SMILES string of the molecule is Cc1csc(NC(C)Cc2ccc(F)cc2)n1. The van der Waals surface area contributed by atoms with Crippen molar-refractivity contribution in [3.63, 3.8) is 0 Å². The first-order chi connectivity index (χ1) is 8.13. The van der Waals surface area contributed by atoms with Crippen LogP contribution in [-0.2, 0) is 6.42 Å². The fourth-order valence-electron chi connectivity index (χ4n) is 1.66. The zero-order chi connectivity index (χ0) is 12.3. The van der Waals surface area contributed by atoms with Crippen molar-refractivity contribution >= 4 is 16.5 Å². The highest BCUT2D eigenvalue weighted by Gasteiger charge is 2.06. The number of thiazole rings is 1. The first kappa shape index (κ1) is 12.0. The summed E-state index contributed by atoms with van der Waals surface area (Å²) in [5.41, 5.74) is 2.16. The Bertz CT molecular complexity index is 478. The van der Waals surface area contributed by atoms with E-state index in [0.29, 0.717) is 0 Å². The molecule has 0 aliphatic rings. The van der Waals surface area contributed by atoms with Gasteiger partial charge in [0.15, 0.2) is 5.13 Å². The molecule has 90 valence electrons. The van der Waals surface area contributed by atoms with Crippen LogP contribution in [0.25, 0.3) is 0 Å². The molecule has 1 aromatic heterocycles. The van der Waals surface area contributed by atoms with E-state index in [2.05, 4.69) is 17.2 Å². The summed E-state index contributed by atoms with van der Waals surface area (Å²) in [6.07, 6.45) is 0.860. The van der Waals surface area contributed by atoms with Gasteiger partial charge in [0.05, 0.1) is 5.69 Å². The zero-order valence-corrected chi connectivity index (χ0v) is 10.7. The van der Waals surface area contributed by atoms with Crippen LogP contribution in [0.2, 0.25) is 0 Å². The summed E-state index contributed by atoms with van der Waals surface area (Å²) in [7, 11) is 0. The van der Waals surface area contributed by atoms with E-state index in [1.165, 1.54) is 12.1 Å². The maximum absolute atomic E-state index is 12.7. The third-order valence-corrected chi connectivity index (χ3v) is 3.34. The molecule has 0 saturated heterocycles. The van der Waals surface area contributed by atoms with Crippen LogP contribution in [0.5, 0.6) is 0 Å². The van der Waals surface area contributed by atoms with Gasteiger partial charge in [-0.05, 0) is 38.0 Å². The molecule has 1 unspecified atom stereocenters. The van der Waals surface area contributed by atoms with Crippen molar-refractivity contribution in [2.45, 2.75) is 26.3 Å². The summed E-state index contributed by atoms with van der Waals surface area (Å²) >= 11 is 1.61. The smallest absolute Gasteiger partial charge is 0.183 e. The van der Waals surface area contributed by atoms with Crippen LogP contribution in [0.15, 0.2) is 29.6 Å². The molecular weight excluding hydrogens is 235 g/mol. The van der Waals surface area contributed by atoms with E-state index >= 15 is 0 Å². The number of rotatable bonds is 4. The Morgan fingerprint density at radius 1 is 1.35 bits per heavy atom. The summed E-state index contributed by atoms with van der Waals surface area (Å²) in [5.74, 6) is -0.190. The molecule has 4 heteroatoms. The summed E-state index contributed by atoms with van der Waals surface area (Å²) in [5, 5.41) is 6.30. The van der Waals surface area contributed by atoms with Gasteiger partial charge in [-0.15, -0.1) is 11.3 Å². The van der Waals surface area contributed by atoms with Crippen LogP contribution in [0.4, 0.5) is 9.52 Å². The molecule has 1 N–H and O–H groups in total. The minimum Gasteiger partial charge on any atom is -0.359 e. The molecule has 2 aromatic rings. The van der Waals surface area contributed by atoms with Crippen molar-refractivity contribution in [3.05, 3.63) is 46.7 Å². The fraction of sp³-hybridized carbons (Fsp3) is 0.308. The van der Waals surface area contributed by atoms with Crippen LogP contribution in [0, 0.1) is 12.7 Å². The number of benzene rings is 1. The second kappa shape index (κ2) is 5.27. The quantitative estimate of drug-likeness (QED) is 0.896. The van der Waals surface area contributed by atoms with E-state index < -0.39 is 0 Å². The molecule has 17 heavy (non-hydrogen) atoms. The van der Waals surface area contributed by atoms with Gasteiger partial charge in [-0.2, -0.15) is 0 Å². The van der Waals surface area contributed by atoms with Gasteiger partial charge in [-0.3, -0.25) is 0 Å². The van der Waals surface area contributed by atoms with Crippen molar-refractivity contribution in [3.8, 4) is 0 Å². The summed E-state index contributed by atoms with van der Waals surface area (Å²) in [4.78, 5) is 4.35. The number of hydrogen-bond donors (Lipinski definition) is 1. The Labute approximate surface area is 105 Å². The molecule has 1 aromatic carbocycles. The number of halogens is 1. The van der Waals surface area contributed by atoms with Gasteiger partial charge in [0.1, 0.15) is 5.82 Å². The van der Waals surface area contributed by atoms with Crippen molar-refractivity contribution in [1.29, 1.82) is 0 Å². The number of nitrogens with one attached hydrogen (secondary N) is 1. The van der Waals surface area contributed by atoms with E-state index in [1.54, 1.807) is 11.3 Å². The number of hydrogen-bond acceptors (Lipinski definition) is 3. The standard InChI is InChI=1S/C13H15FN2S/c1-9(15-13-16-10(2)8-17-13)7-11-3-5-12(14)6-4-11/h3-6,8-9H,7H2,1-2H3,(H,15,16). The zero-order valence-electron chi connectivity index (χ0n) is 9.90. The Hall–Kier alpha value is -1.42. The molecule has 0 amide bonds. The predicted octanol–water partition coefficient (Wildman–Crippen LogP) is 3.63. The molecule has 0 saturated carbocycles. The Morgan fingerprint density at radius 3 is 2.65 bits per heavy atom. The van der Waals surface area contributed by atoms with Crippen LogP contribution in [0.3, 0.4) is 0 Å². The average Bonchev–Trinajstić information content (AvgIpc) is 2.67. The highest BCUT2D eigenvalue weighted by atomic mass is 32.1. The molecule has 1 atom stereocenters. The third-order valence-electron chi connectivity index (χ3n) is 2.44. The van der Waals surface area contributed by atoms with Gasteiger partial charge in [0, 0.05) is 11.4 Å². The molecule has 0 aliphatic carbocycles. The minimum absolute atomic E-state index is 0.190. The third kappa shape index (κ3) is 3.53. The maximum Gasteiger partial charge on any atom is 0.183 e. The molecule has 1 heterocycles. The van der Waals surface area contributed by atoms with E-state index in [0.717, 1.165) is 22.8 Å². The fourth-order valence-corrected chi connectivity index (χ4v) is 2.46. The Balaban J connectivity index is 1.93. The molecule has 0 fully saturated rings. The lowest BCUT2D eigenvalue weighted by atomic mass is 10.1. The monoisotopic (exact) mass is 250 g/mol. The Morgan fingerprint density at radius 2 is 2.06 bits per heavy atom. The summed E-state index contributed by atoms with van der Waals surface area (Å²) < 4.78 is 12.7. The molecule has 0 radical (unpaired) electrons. The minimum atomic E-state index is -0.190. The molecule has 2 rings (SSSR count). The molecule has 2 nitrogen and oxygen atoms in total. The van der Waals surface area contributed by atoms with Crippen LogP contribution in [0.1, 0.15) is 18.2 Å². The number of anilines is 1. The number of aryl methyl sites for hydroxylation is 1. The van der Waals surface area contributed by atoms with E-state index in [-0.39, 0.29) is 11.9 Å². The van der Waals surface area contributed by atoms with Gasteiger partial charge in [-0.25, -0.2) is 9.37 Å². The lowest BCUT2D eigenvalue weighted by Crippen LogP contribution is -2.17. The van der Waals surface area contributed by atoms with Crippen molar-refractivity contribution < 1.29 is 4.39 Å². The van der Waals surface area contributed by atoms with Crippen LogP contribution >= 0.6 is 11.3 Å². The molecular formula is C13H15FN2S. The number of aromatic nitrogens is 1. The average molecular weight is 250 g/mol. The second-order valence-electron chi connectivity index (χ2n) is 4.17. The van der Waals surface area contributed by atoms with E-state index in [4.69, 9.17) is 0 Å². The van der Waals surface area contributed by atoms with Crippen LogP contribution in [-0.4, -0.2) is 11.0 Å². The van der Waals surface area contributed by atoms with Crippen molar-refractivity contribution in [1.82, 2.24) is 4.98 Å². The lowest BCUT2D eigenvalue weighted by Gasteiger charge is -2.12. The van der Waals surface area contributed by atoms with Gasteiger partial charge < -0.3 is 5.32 Å². The van der Waals surface area contributed by atoms with Crippen molar-refractivity contribution in [2.75, 3.05) is 5.32 Å². The predicted molar refractivity (Wildman–Crippen MR) is 70.0 cm³/mol. The van der Waals surface area contributed by atoms with E-state index in [9.17, 15) is 4.39 Å². The summed E-state index contributed by atoms with van der Waals surface area (Å²) in [6.45, 7) is 4.08. The van der Waals surface area contributed by atoms with Crippen LogP contribution < -0.4 is 5.32 Å². The maximum atomic E-state index is 12.7. The van der Waals surface area contributed by atoms with E-state index in [1.807, 2.05) is 24.4 Å². The van der Waals surface area contributed by atoms with Gasteiger partial charge in [-0.1, -0.05) is 12.1 Å². The van der Waals surface area contributed by atoms with Gasteiger partial charge in [0.2, 0.25) is 0 Å². The Kier molecular flexibility index (Phi) is 3.74. The first-order valence-electron chi connectivity index (χ1n) is 5.56. The topological polar surface area (TPSA) is 24.9 Å². The number of nitrogens with zero attached hydrogens (tertiary/aromatic N) is 1.